The molecule has 0 aliphatic heterocycles. The van der Waals surface area contributed by atoms with E-state index < -0.39 is 0 Å². The van der Waals surface area contributed by atoms with Crippen molar-refractivity contribution in [3.63, 3.8) is 0 Å². The summed E-state index contributed by atoms with van der Waals surface area (Å²) < 4.78 is 0. The predicted molar refractivity (Wildman–Crippen MR) is 74.9 cm³/mol. The Balaban J connectivity index is 2.41. The fraction of sp³-hybridized carbons (Fsp3) is 0.467. The molecule has 0 unspecified atom stereocenters. The molecule has 1 heterocycles. The second-order valence-electron chi connectivity index (χ2n) is 4.72. The lowest BCUT2D eigenvalue weighted by molar-refractivity contribution is 0.544. The van der Waals surface area contributed by atoms with Crippen molar-refractivity contribution in [2.24, 2.45) is 0 Å². The van der Waals surface area contributed by atoms with Gasteiger partial charge in [0.15, 0.2) is 0 Å². The van der Waals surface area contributed by atoms with Gasteiger partial charge in [0.2, 0.25) is 0 Å². The largest absolute Gasteiger partial charge is 0.310 e. The summed E-state index contributed by atoms with van der Waals surface area (Å²) in [5.41, 5.74) is 0.775. The Kier molecular flexibility index (Phi) is 4.13. The van der Waals surface area contributed by atoms with Crippen LogP contribution in [0.25, 0.3) is 10.9 Å². The van der Waals surface area contributed by atoms with E-state index in [0.29, 0.717) is 11.3 Å². The quantitative estimate of drug-likeness (QED) is 0.873. The number of hydrogen-bond acceptors (Lipinski definition) is 2. The first-order chi connectivity index (χ1) is 8.76. The van der Waals surface area contributed by atoms with Gasteiger partial charge in [0.1, 0.15) is 5.82 Å². The second kappa shape index (κ2) is 5.80. The van der Waals surface area contributed by atoms with Crippen molar-refractivity contribution in [2.45, 2.75) is 45.4 Å². The van der Waals surface area contributed by atoms with Crippen molar-refractivity contribution in [3.05, 3.63) is 40.4 Å². The Morgan fingerprint density at radius 3 is 2.78 bits per heavy atom. The molecule has 96 valence electrons. The standard InChI is InChI=1S/C15H20N2O/c1-3-5-8-11(4-2)14-16-13-10-7-6-9-12(13)15(18)17-14/h6-7,9-11H,3-5,8H2,1-2H3,(H,16,17,18)/t11-/m1/s1. The highest BCUT2D eigenvalue weighted by atomic mass is 16.1. The van der Waals surface area contributed by atoms with Crippen LogP contribution in [0.2, 0.25) is 0 Å². The van der Waals surface area contributed by atoms with E-state index in [1.54, 1.807) is 0 Å². The van der Waals surface area contributed by atoms with Crippen LogP contribution in [0, 0.1) is 0 Å². The number of para-hydroxylation sites is 1. The topological polar surface area (TPSA) is 45.8 Å². The summed E-state index contributed by atoms with van der Waals surface area (Å²) >= 11 is 0. The average Bonchev–Trinajstić information content (AvgIpc) is 2.40. The minimum absolute atomic E-state index is 0.0226. The SMILES string of the molecule is CCCC[C@@H](CC)c1nc2ccccc2c(=O)[nH]1. The Hall–Kier alpha value is -1.64. The Morgan fingerprint density at radius 2 is 2.06 bits per heavy atom. The van der Waals surface area contributed by atoms with Gasteiger partial charge < -0.3 is 4.98 Å². The molecule has 1 N–H and O–H groups in total. The molecule has 0 aliphatic rings. The molecule has 3 heteroatoms. The molecular formula is C15H20N2O. The number of H-pyrrole nitrogens is 1. The van der Waals surface area contributed by atoms with E-state index in [2.05, 4.69) is 23.8 Å². The van der Waals surface area contributed by atoms with Crippen LogP contribution >= 0.6 is 0 Å². The Labute approximate surface area is 107 Å². The van der Waals surface area contributed by atoms with E-state index in [4.69, 9.17) is 0 Å². The third-order valence-corrected chi connectivity index (χ3v) is 3.42. The maximum atomic E-state index is 12.0. The Morgan fingerprint density at radius 1 is 1.28 bits per heavy atom. The summed E-state index contributed by atoms with van der Waals surface area (Å²) in [4.78, 5) is 19.5. The van der Waals surface area contributed by atoms with E-state index in [1.807, 2.05) is 24.3 Å². The van der Waals surface area contributed by atoms with Crippen molar-refractivity contribution < 1.29 is 0 Å². The minimum Gasteiger partial charge on any atom is -0.310 e. The van der Waals surface area contributed by atoms with Crippen LogP contribution < -0.4 is 5.56 Å². The molecule has 0 fully saturated rings. The first-order valence-electron chi connectivity index (χ1n) is 6.75. The number of fused-ring (bicyclic) bond motifs is 1. The number of rotatable bonds is 5. The van der Waals surface area contributed by atoms with Crippen molar-refractivity contribution in [2.75, 3.05) is 0 Å². The van der Waals surface area contributed by atoms with Crippen molar-refractivity contribution in [3.8, 4) is 0 Å². The molecule has 1 aromatic carbocycles. The summed E-state index contributed by atoms with van der Waals surface area (Å²) in [6.45, 7) is 4.33. The van der Waals surface area contributed by atoms with E-state index >= 15 is 0 Å². The van der Waals surface area contributed by atoms with E-state index in [9.17, 15) is 4.79 Å². The van der Waals surface area contributed by atoms with Gasteiger partial charge in [-0.25, -0.2) is 4.98 Å². The van der Waals surface area contributed by atoms with Crippen LogP contribution in [0.1, 0.15) is 51.3 Å². The zero-order chi connectivity index (χ0) is 13.0. The van der Waals surface area contributed by atoms with Crippen LogP contribution in [-0.4, -0.2) is 9.97 Å². The summed E-state index contributed by atoms with van der Waals surface area (Å²) in [5, 5.41) is 0.673. The van der Waals surface area contributed by atoms with Gasteiger partial charge in [-0.1, -0.05) is 38.8 Å². The molecule has 2 rings (SSSR count). The highest BCUT2D eigenvalue weighted by Gasteiger charge is 2.13. The maximum Gasteiger partial charge on any atom is 0.258 e. The molecule has 0 spiro atoms. The number of aromatic amines is 1. The lowest BCUT2D eigenvalue weighted by atomic mass is 9.98. The zero-order valence-corrected chi connectivity index (χ0v) is 11.1. The first kappa shape index (κ1) is 12.8. The minimum atomic E-state index is -0.0226. The summed E-state index contributed by atoms with van der Waals surface area (Å²) in [5.74, 6) is 1.21. The fourth-order valence-corrected chi connectivity index (χ4v) is 2.28. The second-order valence-corrected chi connectivity index (χ2v) is 4.72. The summed E-state index contributed by atoms with van der Waals surface area (Å²) in [6, 6.07) is 7.51. The maximum absolute atomic E-state index is 12.0. The third-order valence-electron chi connectivity index (χ3n) is 3.42. The third kappa shape index (κ3) is 2.61. The van der Waals surface area contributed by atoms with Gasteiger partial charge in [-0.15, -0.1) is 0 Å². The zero-order valence-electron chi connectivity index (χ0n) is 11.1. The highest BCUT2D eigenvalue weighted by molar-refractivity contribution is 5.77. The molecule has 2 aromatic rings. The lowest BCUT2D eigenvalue weighted by Crippen LogP contribution is -2.14. The average molecular weight is 244 g/mol. The summed E-state index contributed by atoms with van der Waals surface area (Å²) in [6.07, 6.45) is 4.46. The van der Waals surface area contributed by atoms with Crippen molar-refractivity contribution in [1.29, 1.82) is 0 Å². The molecule has 0 amide bonds. The molecule has 0 saturated heterocycles. The fourth-order valence-electron chi connectivity index (χ4n) is 2.28. The van der Waals surface area contributed by atoms with Crippen LogP contribution in [-0.2, 0) is 0 Å². The smallest absolute Gasteiger partial charge is 0.258 e. The molecule has 1 atom stereocenters. The van der Waals surface area contributed by atoms with E-state index in [0.717, 1.165) is 24.2 Å². The van der Waals surface area contributed by atoms with Gasteiger partial charge in [-0.2, -0.15) is 0 Å². The van der Waals surface area contributed by atoms with Gasteiger partial charge in [0, 0.05) is 5.92 Å². The van der Waals surface area contributed by atoms with Crippen molar-refractivity contribution in [1.82, 2.24) is 9.97 Å². The number of benzene rings is 1. The van der Waals surface area contributed by atoms with Crippen LogP contribution in [0.3, 0.4) is 0 Å². The van der Waals surface area contributed by atoms with Crippen molar-refractivity contribution >= 4 is 10.9 Å². The lowest BCUT2D eigenvalue weighted by Gasteiger charge is -2.13. The van der Waals surface area contributed by atoms with Crippen LogP contribution in [0.4, 0.5) is 0 Å². The molecule has 18 heavy (non-hydrogen) atoms. The number of nitrogens with one attached hydrogen (secondary N) is 1. The van der Waals surface area contributed by atoms with E-state index in [-0.39, 0.29) is 5.56 Å². The normalized spacial score (nSPS) is 12.8. The number of nitrogens with zero attached hydrogens (tertiary/aromatic N) is 1. The molecule has 1 aromatic heterocycles. The van der Waals surface area contributed by atoms with E-state index in [1.165, 1.54) is 12.8 Å². The molecule has 0 bridgehead atoms. The van der Waals surface area contributed by atoms with Crippen LogP contribution in [0.5, 0.6) is 0 Å². The molecule has 0 saturated carbocycles. The number of unbranched alkanes of at least 4 members (excludes halogenated alkanes) is 1. The van der Waals surface area contributed by atoms with Gasteiger partial charge in [-0.05, 0) is 25.0 Å². The number of hydrogen-bond donors (Lipinski definition) is 1. The van der Waals surface area contributed by atoms with Gasteiger partial charge in [-0.3, -0.25) is 4.79 Å². The number of aromatic nitrogens is 2. The van der Waals surface area contributed by atoms with Gasteiger partial charge in [0.05, 0.1) is 10.9 Å². The van der Waals surface area contributed by atoms with Gasteiger partial charge in [0.25, 0.3) is 5.56 Å². The monoisotopic (exact) mass is 244 g/mol. The van der Waals surface area contributed by atoms with Crippen LogP contribution in [0.15, 0.2) is 29.1 Å². The summed E-state index contributed by atoms with van der Waals surface area (Å²) in [7, 11) is 0. The Bertz CT molecular complexity index is 574. The molecular weight excluding hydrogens is 224 g/mol. The van der Waals surface area contributed by atoms with Gasteiger partial charge >= 0.3 is 0 Å². The highest BCUT2D eigenvalue weighted by Crippen LogP contribution is 2.22. The molecule has 0 aliphatic carbocycles. The first-order valence-corrected chi connectivity index (χ1v) is 6.75. The predicted octanol–water partition coefficient (Wildman–Crippen LogP) is 3.61. The molecule has 0 radical (unpaired) electrons. The molecule has 3 nitrogen and oxygen atoms in total.